The van der Waals surface area contributed by atoms with Crippen molar-refractivity contribution in [2.24, 2.45) is 5.92 Å². The van der Waals surface area contributed by atoms with Gasteiger partial charge in [-0.25, -0.2) is 0 Å². The summed E-state index contributed by atoms with van der Waals surface area (Å²) in [6.07, 6.45) is 2.21. The Balaban J connectivity index is 2.57. The lowest BCUT2D eigenvalue weighted by Gasteiger charge is -2.22. The molecule has 0 bridgehead atoms. The molecule has 1 unspecified atom stereocenters. The number of halogens is 1. The van der Waals surface area contributed by atoms with E-state index in [1.807, 2.05) is 12.1 Å². The summed E-state index contributed by atoms with van der Waals surface area (Å²) >= 11 is 4.83. The summed E-state index contributed by atoms with van der Waals surface area (Å²) in [6.45, 7) is 6.41. The fourth-order valence-electron chi connectivity index (χ4n) is 1.83. The second kappa shape index (κ2) is 6.40. The molecule has 1 amide bonds. The van der Waals surface area contributed by atoms with Crippen LogP contribution in [0, 0.1) is 5.92 Å². The van der Waals surface area contributed by atoms with Crippen molar-refractivity contribution in [2.75, 3.05) is 0 Å². The third-order valence-corrected chi connectivity index (χ3v) is 4.53. The first-order chi connectivity index (χ1) is 7.58. The average molecular weight is 304 g/mol. The van der Waals surface area contributed by atoms with E-state index in [9.17, 15) is 4.79 Å². The van der Waals surface area contributed by atoms with Gasteiger partial charge in [-0.05, 0) is 40.9 Å². The molecular formula is C12H18BrNOS. The zero-order valence-electron chi connectivity index (χ0n) is 9.92. The van der Waals surface area contributed by atoms with E-state index >= 15 is 0 Å². The molecule has 1 aromatic heterocycles. The van der Waals surface area contributed by atoms with Gasteiger partial charge >= 0.3 is 0 Å². The lowest BCUT2D eigenvalue weighted by Crippen LogP contribution is -2.37. The van der Waals surface area contributed by atoms with Crippen LogP contribution in [0.25, 0.3) is 0 Å². The van der Waals surface area contributed by atoms with Crippen molar-refractivity contribution < 1.29 is 4.79 Å². The van der Waals surface area contributed by atoms with Gasteiger partial charge in [-0.3, -0.25) is 4.79 Å². The maximum absolute atomic E-state index is 11.9. The van der Waals surface area contributed by atoms with Crippen LogP contribution in [0.2, 0.25) is 0 Å². The normalized spacial score (nSPS) is 12.8. The predicted molar refractivity (Wildman–Crippen MR) is 73.0 cm³/mol. The van der Waals surface area contributed by atoms with Crippen molar-refractivity contribution in [2.45, 2.75) is 39.7 Å². The first kappa shape index (κ1) is 13.7. The van der Waals surface area contributed by atoms with E-state index in [0.29, 0.717) is 5.92 Å². The molecule has 0 saturated carbocycles. The zero-order chi connectivity index (χ0) is 12.1. The predicted octanol–water partition coefficient (Wildman–Crippen LogP) is 4.07. The van der Waals surface area contributed by atoms with E-state index in [-0.39, 0.29) is 11.9 Å². The van der Waals surface area contributed by atoms with Crippen LogP contribution in [0.4, 0.5) is 0 Å². The lowest BCUT2D eigenvalue weighted by molar-refractivity contribution is 0.0929. The van der Waals surface area contributed by atoms with Crippen LogP contribution in [0.5, 0.6) is 0 Å². The average Bonchev–Trinajstić information content (AvgIpc) is 2.66. The summed E-state index contributed by atoms with van der Waals surface area (Å²) in [5, 5.41) is 3.06. The topological polar surface area (TPSA) is 29.1 Å². The van der Waals surface area contributed by atoms with Gasteiger partial charge in [0.1, 0.15) is 0 Å². The van der Waals surface area contributed by atoms with E-state index < -0.39 is 0 Å². The second-order valence-corrected chi connectivity index (χ2v) is 6.41. The Morgan fingerprint density at radius 1 is 1.44 bits per heavy atom. The summed E-state index contributed by atoms with van der Waals surface area (Å²) in [5.74, 6) is 0.599. The highest BCUT2D eigenvalue weighted by Gasteiger charge is 2.17. The number of carbonyl (C=O) groups excluding carboxylic acids is 1. The van der Waals surface area contributed by atoms with Gasteiger partial charge in [0.25, 0.3) is 5.91 Å². The molecular weight excluding hydrogens is 286 g/mol. The maximum atomic E-state index is 11.9. The molecule has 0 aliphatic carbocycles. The molecule has 0 aliphatic rings. The number of amides is 1. The quantitative estimate of drug-likeness (QED) is 0.873. The Hall–Kier alpha value is -0.350. The van der Waals surface area contributed by atoms with Crippen molar-refractivity contribution in [1.29, 1.82) is 0 Å². The molecule has 2 nitrogen and oxygen atoms in total. The standard InChI is InChI=1S/C12H18BrNOS/c1-4-9(5-2)8(3)14-12(15)10-6-7-11(13)16-10/h6-9H,4-5H2,1-3H3,(H,14,15). The molecule has 0 saturated heterocycles. The van der Waals surface area contributed by atoms with E-state index in [0.717, 1.165) is 21.5 Å². The second-order valence-electron chi connectivity index (χ2n) is 3.94. The number of nitrogens with one attached hydrogen (secondary N) is 1. The van der Waals surface area contributed by atoms with Crippen molar-refractivity contribution >= 4 is 33.2 Å². The Morgan fingerprint density at radius 2 is 2.06 bits per heavy atom. The summed E-state index contributed by atoms with van der Waals surface area (Å²) < 4.78 is 0.993. The molecule has 1 N–H and O–H groups in total. The SMILES string of the molecule is CCC(CC)C(C)NC(=O)c1ccc(Br)s1. The van der Waals surface area contributed by atoms with Gasteiger partial charge in [0, 0.05) is 6.04 Å². The van der Waals surface area contributed by atoms with Gasteiger partial charge in [-0.15, -0.1) is 11.3 Å². The lowest BCUT2D eigenvalue weighted by atomic mass is 9.95. The van der Waals surface area contributed by atoms with Gasteiger partial charge in [0.05, 0.1) is 8.66 Å². The Labute approximate surface area is 110 Å². The van der Waals surface area contributed by atoms with E-state index in [2.05, 4.69) is 42.0 Å². The molecule has 0 aliphatic heterocycles. The van der Waals surface area contributed by atoms with Gasteiger partial charge in [-0.1, -0.05) is 26.7 Å². The molecule has 1 rings (SSSR count). The van der Waals surface area contributed by atoms with Crippen LogP contribution in [-0.2, 0) is 0 Å². The highest BCUT2D eigenvalue weighted by atomic mass is 79.9. The van der Waals surface area contributed by atoms with Crippen molar-refractivity contribution in [3.63, 3.8) is 0 Å². The summed E-state index contributed by atoms with van der Waals surface area (Å²) in [5.41, 5.74) is 0. The largest absolute Gasteiger partial charge is 0.349 e. The van der Waals surface area contributed by atoms with Crippen LogP contribution < -0.4 is 5.32 Å². The highest BCUT2D eigenvalue weighted by molar-refractivity contribution is 9.11. The number of hydrogen-bond donors (Lipinski definition) is 1. The van der Waals surface area contributed by atoms with Crippen molar-refractivity contribution in [1.82, 2.24) is 5.32 Å². The highest BCUT2D eigenvalue weighted by Crippen LogP contribution is 2.22. The summed E-state index contributed by atoms with van der Waals surface area (Å²) in [7, 11) is 0. The Bertz CT molecular complexity index is 347. The Kier molecular flexibility index (Phi) is 5.49. The first-order valence-electron chi connectivity index (χ1n) is 5.64. The summed E-state index contributed by atoms with van der Waals surface area (Å²) in [4.78, 5) is 12.7. The number of carbonyl (C=O) groups is 1. The maximum Gasteiger partial charge on any atom is 0.261 e. The minimum absolute atomic E-state index is 0.0371. The van der Waals surface area contributed by atoms with E-state index in [4.69, 9.17) is 0 Å². The smallest absolute Gasteiger partial charge is 0.261 e. The van der Waals surface area contributed by atoms with Crippen LogP contribution in [0.1, 0.15) is 43.3 Å². The van der Waals surface area contributed by atoms with Crippen molar-refractivity contribution in [3.8, 4) is 0 Å². The van der Waals surface area contributed by atoms with Crippen LogP contribution in [0.3, 0.4) is 0 Å². The van der Waals surface area contributed by atoms with Crippen molar-refractivity contribution in [3.05, 3.63) is 20.8 Å². The van der Waals surface area contributed by atoms with E-state index in [1.165, 1.54) is 11.3 Å². The first-order valence-corrected chi connectivity index (χ1v) is 7.25. The minimum atomic E-state index is 0.0371. The molecule has 16 heavy (non-hydrogen) atoms. The zero-order valence-corrected chi connectivity index (χ0v) is 12.3. The molecule has 0 radical (unpaired) electrons. The fraction of sp³-hybridized carbons (Fsp3) is 0.583. The van der Waals surface area contributed by atoms with Gasteiger partial charge in [0.15, 0.2) is 0 Å². The monoisotopic (exact) mass is 303 g/mol. The molecule has 0 spiro atoms. The van der Waals surface area contributed by atoms with Gasteiger partial charge in [-0.2, -0.15) is 0 Å². The molecule has 90 valence electrons. The number of rotatable bonds is 5. The van der Waals surface area contributed by atoms with Gasteiger partial charge < -0.3 is 5.32 Å². The van der Waals surface area contributed by atoms with E-state index in [1.54, 1.807) is 0 Å². The Morgan fingerprint density at radius 3 is 2.50 bits per heavy atom. The molecule has 4 heteroatoms. The number of thiophene rings is 1. The summed E-state index contributed by atoms with van der Waals surface area (Å²) in [6, 6.07) is 3.99. The fourth-order valence-corrected chi connectivity index (χ4v) is 3.12. The molecule has 1 aromatic rings. The van der Waals surface area contributed by atoms with Crippen LogP contribution in [0.15, 0.2) is 15.9 Å². The third-order valence-electron chi connectivity index (χ3n) is 2.91. The third kappa shape index (κ3) is 3.59. The van der Waals surface area contributed by atoms with Crippen LogP contribution in [-0.4, -0.2) is 11.9 Å². The molecule has 1 atom stereocenters. The number of hydrogen-bond acceptors (Lipinski definition) is 2. The molecule has 0 fully saturated rings. The minimum Gasteiger partial charge on any atom is -0.349 e. The van der Waals surface area contributed by atoms with Crippen LogP contribution >= 0.6 is 27.3 Å². The van der Waals surface area contributed by atoms with Gasteiger partial charge in [0.2, 0.25) is 0 Å². The molecule has 1 heterocycles. The molecule has 0 aromatic carbocycles.